The van der Waals surface area contributed by atoms with Gasteiger partial charge in [0.05, 0.1) is 6.04 Å². The second-order valence-corrected chi connectivity index (χ2v) is 6.84. The van der Waals surface area contributed by atoms with Crippen LogP contribution >= 0.6 is 0 Å². The van der Waals surface area contributed by atoms with E-state index in [-0.39, 0.29) is 11.9 Å². The first-order valence-electron chi connectivity index (χ1n) is 8.55. The Hall–Kier alpha value is -2.63. The van der Waals surface area contributed by atoms with Gasteiger partial charge in [-0.15, -0.1) is 0 Å². The Morgan fingerprint density at radius 3 is 2.60 bits per heavy atom. The predicted octanol–water partition coefficient (Wildman–Crippen LogP) is 3.29. The quantitative estimate of drug-likeness (QED) is 0.766. The second-order valence-electron chi connectivity index (χ2n) is 6.84. The number of H-pyrrole nitrogens is 1. The minimum Gasteiger partial charge on any atom is -0.350 e. The minimum atomic E-state index is -0.0907. The van der Waals surface area contributed by atoms with E-state index < -0.39 is 0 Å². The molecule has 132 valence electrons. The lowest BCUT2D eigenvalue weighted by molar-refractivity contribution is 0.0943. The number of aromatic amines is 1. The van der Waals surface area contributed by atoms with E-state index in [9.17, 15) is 4.79 Å². The zero-order valence-electron chi connectivity index (χ0n) is 15.7. The van der Waals surface area contributed by atoms with Crippen LogP contribution in [0.5, 0.6) is 0 Å². The van der Waals surface area contributed by atoms with E-state index in [2.05, 4.69) is 46.4 Å². The highest BCUT2D eigenvalue weighted by atomic mass is 16.1. The van der Waals surface area contributed by atoms with Crippen LogP contribution in [0.1, 0.15) is 51.8 Å². The van der Waals surface area contributed by atoms with Gasteiger partial charge in [0.15, 0.2) is 0 Å². The molecule has 1 amide bonds. The summed E-state index contributed by atoms with van der Waals surface area (Å²) >= 11 is 0. The van der Waals surface area contributed by atoms with Gasteiger partial charge >= 0.3 is 0 Å². The SMILES string of the molecule is Cc1cc(C)c2[nH]c(C(=O)NC[C@@H](C)n3nc(C)nc3C)c(C)c2c1. The van der Waals surface area contributed by atoms with Crippen molar-refractivity contribution < 1.29 is 4.79 Å². The fourth-order valence-corrected chi connectivity index (χ4v) is 3.38. The largest absolute Gasteiger partial charge is 0.350 e. The summed E-state index contributed by atoms with van der Waals surface area (Å²) in [5.74, 6) is 1.51. The van der Waals surface area contributed by atoms with Gasteiger partial charge in [-0.05, 0) is 58.7 Å². The van der Waals surface area contributed by atoms with Crippen molar-refractivity contribution in [1.82, 2.24) is 25.1 Å². The van der Waals surface area contributed by atoms with Gasteiger partial charge in [0.25, 0.3) is 5.91 Å². The molecule has 6 heteroatoms. The first-order chi connectivity index (χ1) is 11.8. The van der Waals surface area contributed by atoms with Crippen LogP contribution in [0.25, 0.3) is 10.9 Å². The predicted molar refractivity (Wildman–Crippen MR) is 99.0 cm³/mol. The Labute approximate surface area is 147 Å². The minimum absolute atomic E-state index is 0.0406. The smallest absolute Gasteiger partial charge is 0.268 e. The Morgan fingerprint density at radius 1 is 1.24 bits per heavy atom. The van der Waals surface area contributed by atoms with Crippen LogP contribution < -0.4 is 5.32 Å². The monoisotopic (exact) mass is 339 g/mol. The first-order valence-corrected chi connectivity index (χ1v) is 8.55. The van der Waals surface area contributed by atoms with Crippen molar-refractivity contribution in [3.8, 4) is 0 Å². The third-order valence-corrected chi connectivity index (χ3v) is 4.62. The van der Waals surface area contributed by atoms with Crippen molar-refractivity contribution in [2.45, 2.75) is 47.6 Å². The first kappa shape index (κ1) is 17.2. The number of aromatic nitrogens is 4. The molecule has 0 bridgehead atoms. The highest BCUT2D eigenvalue weighted by Gasteiger charge is 2.18. The van der Waals surface area contributed by atoms with E-state index in [0.717, 1.165) is 33.7 Å². The molecule has 0 spiro atoms. The van der Waals surface area contributed by atoms with Crippen LogP contribution in [-0.4, -0.2) is 32.2 Å². The number of aryl methyl sites for hydroxylation is 5. The van der Waals surface area contributed by atoms with Gasteiger partial charge in [0.2, 0.25) is 0 Å². The summed E-state index contributed by atoms with van der Waals surface area (Å²) in [5.41, 5.74) is 5.00. The van der Waals surface area contributed by atoms with Crippen LogP contribution in [0.15, 0.2) is 12.1 Å². The second kappa shape index (κ2) is 6.35. The number of nitrogens with one attached hydrogen (secondary N) is 2. The third-order valence-electron chi connectivity index (χ3n) is 4.62. The number of nitrogens with zero attached hydrogens (tertiary/aromatic N) is 3. The molecule has 3 aromatic rings. The van der Waals surface area contributed by atoms with E-state index in [4.69, 9.17) is 0 Å². The maximum atomic E-state index is 12.7. The van der Waals surface area contributed by atoms with Gasteiger partial charge in [-0.1, -0.05) is 11.6 Å². The topological polar surface area (TPSA) is 75.6 Å². The van der Waals surface area contributed by atoms with Gasteiger partial charge in [-0.25, -0.2) is 9.67 Å². The van der Waals surface area contributed by atoms with Crippen molar-refractivity contribution >= 4 is 16.8 Å². The van der Waals surface area contributed by atoms with Crippen LogP contribution in [0.4, 0.5) is 0 Å². The number of benzene rings is 1. The molecule has 6 nitrogen and oxygen atoms in total. The lowest BCUT2D eigenvalue weighted by atomic mass is 10.1. The lowest BCUT2D eigenvalue weighted by Gasteiger charge is -2.14. The molecule has 0 aliphatic heterocycles. The average molecular weight is 339 g/mol. The van der Waals surface area contributed by atoms with Crippen LogP contribution in [0.2, 0.25) is 0 Å². The normalized spacial score (nSPS) is 12.6. The summed E-state index contributed by atoms with van der Waals surface area (Å²) in [5, 5.41) is 8.50. The molecule has 0 aliphatic rings. The number of fused-ring (bicyclic) bond motifs is 1. The molecule has 0 fully saturated rings. The van der Waals surface area contributed by atoms with Crippen LogP contribution in [-0.2, 0) is 0 Å². The number of amides is 1. The molecule has 1 aromatic carbocycles. The molecule has 0 unspecified atom stereocenters. The van der Waals surface area contributed by atoms with Crippen molar-refractivity contribution in [2.75, 3.05) is 6.54 Å². The molecule has 2 heterocycles. The lowest BCUT2D eigenvalue weighted by Crippen LogP contribution is -2.31. The summed E-state index contributed by atoms with van der Waals surface area (Å²) in [4.78, 5) is 20.3. The zero-order valence-corrected chi connectivity index (χ0v) is 15.7. The number of hydrogen-bond acceptors (Lipinski definition) is 3. The molecule has 0 saturated heterocycles. The zero-order chi connectivity index (χ0) is 18.3. The molecule has 1 atom stereocenters. The maximum Gasteiger partial charge on any atom is 0.268 e. The number of hydrogen-bond donors (Lipinski definition) is 2. The number of carbonyl (C=O) groups excluding carboxylic acids is 1. The van der Waals surface area contributed by atoms with Gasteiger partial charge in [0, 0.05) is 17.4 Å². The molecule has 0 aliphatic carbocycles. The Morgan fingerprint density at radius 2 is 1.96 bits per heavy atom. The molecule has 0 radical (unpaired) electrons. The van der Waals surface area contributed by atoms with E-state index in [1.807, 2.05) is 32.4 Å². The molecule has 2 N–H and O–H groups in total. The van der Waals surface area contributed by atoms with Crippen LogP contribution in [0.3, 0.4) is 0 Å². The maximum absolute atomic E-state index is 12.7. The average Bonchev–Trinajstić information content (AvgIpc) is 3.05. The Bertz CT molecular complexity index is 951. The molecule has 0 saturated carbocycles. The summed E-state index contributed by atoms with van der Waals surface area (Å²) in [7, 11) is 0. The fraction of sp³-hybridized carbons (Fsp3) is 0.421. The van der Waals surface area contributed by atoms with Crippen molar-refractivity contribution in [3.63, 3.8) is 0 Å². The third kappa shape index (κ3) is 3.16. The van der Waals surface area contributed by atoms with Gasteiger partial charge in [-0.3, -0.25) is 4.79 Å². The Kier molecular flexibility index (Phi) is 4.37. The van der Waals surface area contributed by atoms with E-state index in [1.165, 1.54) is 5.56 Å². The van der Waals surface area contributed by atoms with Crippen molar-refractivity contribution in [1.29, 1.82) is 0 Å². The van der Waals surface area contributed by atoms with Gasteiger partial charge in [-0.2, -0.15) is 5.10 Å². The number of rotatable bonds is 4. The fourth-order valence-electron chi connectivity index (χ4n) is 3.38. The van der Waals surface area contributed by atoms with Crippen LogP contribution in [0, 0.1) is 34.6 Å². The molecule has 25 heavy (non-hydrogen) atoms. The standard InChI is InChI=1S/C19H25N5O/c1-10-7-11(2)17-16(8-10)13(4)18(22-17)19(25)20-9-12(3)24-15(6)21-14(5)23-24/h7-8,12,22H,9H2,1-6H3,(H,20,25)/t12-/m1/s1. The van der Waals surface area contributed by atoms with Crippen molar-refractivity contribution in [2.24, 2.45) is 0 Å². The van der Waals surface area contributed by atoms with E-state index >= 15 is 0 Å². The van der Waals surface area contributed by atoms with Crippen molar-refractivity contribution in [3.05, 3.63) is 46.2 Å². The number of carbonyl (C=O) groups is 1. The molecule has 2 aromatic heterocycles. The summed E-state index contributed by atoms with van der Waals surface area (Å²) in [6.45, 7) is 12.4. The van der Waals surface area contributed by atoms with E-state index in [1.54, 1.807) is 0 Å². The molecule has 3 rings (SSSR count). The molecular weight excluding hydrogens is 314 g/mol. The van der Waals surface area contributed by atoms with E-state index in [0.29, 0.717) is 12.2 Å². The summed E-state index contributed by atoms with van der Waals surface area (Å²) in [6, 6.07) is 4.28. The highest BCUT2D eigenvalue weighted by molar-refractivity contribution is 6.01. The molecular formula is C19H25N5O. The van der Waals surface area contributed by atoms with Gasteiger partial charge in [0.1, 0.15) is 17.3 Å². The highest BCUT2D eigenvalue weighted by Crippen LogP contribution is 2.26. The Balaban J connectivity index is 1.80. The summed E-state index contributed by atoms with van der Waals surface area (Å²) in [6.07, 6.45) is 0. The summed E-state index contributed by atoms with van der Waals surface area (Å²) < 4.78 is 1.85. The van der Waals surface area contributed by atoms with Gasteiger partial charge < -0.3 is 10.3 Å².